The molecule has 0 aromatic carbocycles. The molecule has 15 heavy (non-hydrogen) atoms. The van der Waals surface area contributed by atoms with E-state index in [-0.39, 0.29) is 12.1 Å². The van der Waals surface area contributed by atoms with Crippen LogP contribution in [-0.2, 0) is 16.1 Å². The van der Waals surface area contributed by atoms with Crippen molar-refractivity contribution in [2.45, 2.75) is 6.54 Å². The predicted octanol–water partition coefficient (Wildman–Crippen LogP) is -0.976. The predicted molar refractivity (Wildman–Crippen MR) is 47.3 cm³/mol. The maximum absolute atomic E-state index is 11.0. The van der Waals surface area contributed by atoms with Crippen molar-refractivity contribution in [2.24, 2.45) is 0 Å². The second-order valence-corrected chi connectivity index (χ2v) is 2.71. The molecule has 78 valence electrons. The molecule has 1 heterocycles. The van der Waals surface area contributed by atoms with E-state index in [1.54, 1.807) is 6.20 Å². The standard InChI is InChI=1S/C10H9NO4/c1-2-15-9(12)7-11-5-3-4-8(6-11)10(13)14/h2-6H,1,7H2. The van der Waals surface area contributed by atoms with Gasteiger partial charge in [0.1, 0.15) is 0 Å². The van der Waals surface area contributed by atoms with E-state index in [1.165, 1.54) is 22.9 Å². The van der Waals surface area contributed by atoms with Gasteiger partial charge in [-0.2, -0.15) is 4.57 Å². The van der Waals surface area contributed by atoms with Gasteiger partial charge in [0, 0.05) is 6.07 Å². The molecule has 1 rings (SSSR count). The van der Waals surface area contributed by atoms with Crippen molar-refractivity contribution in [1.82, 2.24) is 0 Å². The second kappa shape index (κ2) is 4.90. The molecular weight excluding hydrogens is 198 g/mol. The number of rotatable bonds is 4. The minimum atomic E-state index is -1.29. The first-order valence-electron chi connectivity index (χ1n) is 4.14. The molecule has 1 aromatic rings. The molecule has 0 amide bonds. The van der Waals surface area contributed by atoms with Crippen LogP contribution in [0.1, 0.15) is 10.4 Å². The van der Waals surface area contributed by atoms with Crippen molar-refractivity contribution in [2.75, 3.05) is 0 Å². The Morgan fingerprint density at radius 2 is 2.33 bits per heavy atom. The van der Waals surface area contributed by atoms with E-state index >= 15 is 0 Å². The van der Waals surface area contributed by atoms with Crippen molar-refractivity contribution >= 4 is 11.9 Å². The number of carboxylic acids is 1. The van der Waals surface area contributed by atoms with E-state index in [9.17, 15) is 14.7 Å². The van der Waals surface area contributed by atoms with Crippen molar-refractivity contribution in [3.05, 3.63) is 42.9 Å². The molecule has 1 aromatic heterocycles. The van der Waals surface area contributed by atoms with Gasteiger partial charge in [-0.1, -0.05) is 6.58 Å². The van der Waals surface area contributed by atoms with E-state index < -0.39 is 11.9 Å². The fraction of sp³-hybridized carbons (Fsp3) is 0.100. The Balaban J connectivity index is 2.77. The number of hydrogen-bond donors (Lipinski definition) is 0. The molecule has 0 radical (unpaired) electrons. The fourth-order valence-corrected chi connectivity index (χ4v) is 1.02. The Morgan fingerprint density at radius 1 is 1.60 bits per heavy atom. The van der Waals surface area contributed by atoms with Crippen LogP contribution in [0.3, 0.4) is 0 Å². The number of carbonyl (C=O) groups excluding carboxylic acids is 2. The van der Waals surface area contributed by atoms with Crippen molar-refractivity contribution in [3.8, 4) is 0 Å². The van der Waals surface area contributed by atoms with Crippen LogP contribution in [-0.4, -0.2) is 11.9 Å². The highest BCUT2D eigenvalue weighted by Gasteiger charge is 2.10. The van der Waals surface area contributed by atoms with Gasteiger partial charge in [-0.3, -0.25) is 0 Å². The summed E-state index contributed by atoms with van der Waals surface area (Å²) >= 11 is 0. The van der Waals surface area contributed by atoms with Crippen LogP contribution in [0.15, 0.2) is 37.4 Å². The Bertz CT molecular complexity index is 400. The van der Waals surface area contributed by atoms with Gasteiger partial charge in [0.25, 0.3) is 0 Å². The van der Waals surface area contributed by atoms with Gasteiger partial charge in [-0.25, -0.2) is 4.79 Å². The van der Waals surface area contributed by atoms with Crippen LogP contribution in [0.5, 0.6) is 0 Å². The van der Waals surface area contributed by atoms with Gasteiger partial charge < -0.3 is 14.6 Å². The summed E-state index contributed by atoms with van der Waals surface area (Å²) < 4.78 is 5.87. The van der Waals surface area contributed by atoms with E-state index in [0.717, 1.165) is 6.26 Å². The summed E-state index contributed by atoms with van der Waals surface area (Å²) in [6.45, 7) is 3.16. The van der Waals surface area contributed by atoms with E-state index in [0.29, 0.717) is 0 Å². The zero-order chi connectivity index (χ0) is 11.3. The molecule has 0 aliphatic rings. The first-order chi connectivity index (χ1) is 7.13. The van der Waals surface area contributed by atoms with Gasteiger partial charge in [-0.15, -0.1) is 0 Å². The molecule has 0 aliphatic carbocycles. The quantitative estimate of drug-likeness (QED) is 0.361. The Morgan fingerprint density at radius 3 is 2.93 bits per heavy atom. The number of carbonyl (C=O) groups is 2. The van der Waals surface area contributed by atoms with Gasteiger partial charge in [0.15, 0.2) is 12.4 Å². The SMILES string of the molecule is C=COC(=O)C[n+]1cccc(C(=O)[O-])c1. The highest BCUT2D eigenvalue weighted by Crippen LogP contribution is 1.91. The number of aromatic carboxylic acids is 1. The third kappa shape index (κ3) is 3.22. The molecule has 0 aliphatic heterocycles. The van der Waals surface area contributed by atoms with Crippen molar-refractivity contribution < 1.29 is 24.0 Å². The average molecular weight is 207 g/mol. The smallest absolute Gasteiger partial charge is 0.377 e. The largest absolute Gasteiger partial charge is 0.545 e. The molecule has 0 spiro atoms. The monoisotopic (exact) mass is 207 g/mol. The van der Waals surface area contributed by atoms with E-state index in [1.807, 2.05) is 0 Å². The van der Waals surface area contributed by atoms with Crippen molar-refractivity contribution in [3.63, 3.8) is 0 Å². The normalized spacial score (nSPS) is 9.33. The molecule has 5 heteroatoms. The lowest BCUT2D eigenvalue weighted by molar-refractivity contribution is -0.686. The molecule has 0 fully saturated rings. The number of nitrogens with zero attached hydrogens (tertiary/aromatic N) is 1. The minimum absolute atomic E-state index is 0.00361. The minimum Gasteiger partial charge on any atom is -0.545 e. The molecule has 0 atom stereocenters. The number of carboxylic acid groups (broad SMARTS) is 1. The maximum atomic E-state index is 11.0. The third-order valence-corrected chi connectivity index (χ3v) is 1.62. The summed E-state index contributed by atoms with van der Waals surface area (Å²) in [7, 11) is 0. The number of esters is 1. The molecule has 0 saturated carbocycles. The van der Waals surface area contributed by atoms with Crippen LogP contribution in [0.2, 0.25) is 0 Å². The first kappa shape index (κ1) is 10.9. The van der Waals surface area contributed by atoms with Gasteiger partial charge in [0.05, 0.1) is 17.8 Å². The van der Waals surface area contributed by atoms with Crippen LogP contribution in [0.25, 0.3) is 0 Å². The van der Waals surface area contributed by atoms with Crippen LogP contribution < -0.4 is 9.67 Å². The topological polar surface area (TPSA) is 70.3 Å². The van der Waals surface area contributed by atoms with Gasteiger partial charge in [0.2, 0.25) is 6.54 Å². The number of pyridine rings is 1. The molecule has 0 N–H and O–H groups in total. The molecule has 0 bridgehead atoms. The van der Waals surface area contributed by atoms with Crippen LogP contribution in [0.4, 0.5) is 0 Å². The summed E-state index contributed by atoms with van der Waals surface area (Å²) in [5, 5.41) is 10.5. The molecule has 0 saturated heterocycles. The summed E-state index contributed by atoms with van der Waals surface area (Å²) in [6.07, 6.45) is 3.86. The van der Waals surface area contributed by atoms with E-state index in [2.05, 4.69) is 11.3 Å². The average Bonchev–Trinajstić information content (AvgIpc) is 2.18. The Labute approximate surface area is 86.2 Å². The number of aromatic nitrogens is 1. The Hall–Kier alpha value is -2.17. The lowest BCUT2D eigenvalue weighted by Crippen LogP contribution is -2.39. The maximum Gasteiger partial charge on any atom is 0.377 e. The molecular formula is C10H9NO4. The summed E-state index contributed by atoms with van der Waals surface area (Å²) in [5.41, 5.74) is 0.00361. The lowest BCUT2D eigenvalue weighted by Gasteiger charge is -2.00. The fourth-order valence-electron chi connectivity index (χ4n) is 1.02. The number of hydrogen-bond acceptors (Lipinski definition) is 4. The molecule has 0 unspecified atom stereocenters. The van der Waals surface area contributed by atoms with Crippen LogP contribution >= 0.6 is 0 Å². The third-order valence-electron chi connectivity index (χ3n) is 1.62. The zero-order valence-electron chi connectivity index (χ0n) is 7.88. The van der Waals surface area contributed by atoms with Crippen molar-refractivity contribution in [1.29, 1.82) is 0 Å². The Kier molecular flexibility index (Phi) is 3.56. The number of ether oxygens (including phenoxy) is 1. The highest BCUT2D eigenvalue weighted by atomic mass is 16.5. The van der Waals surface area contributed by atoms with Gasteiger partial charge in [-0.05, 0) is 6.07 Å². The first-order valence-corrected chi connectivity index (χ1v) is 4.14. The summed E-state index contributed by atoms with van der Waals surface area (Å²) in [6, 6.07) is 2.89. The summed E-state index contributed by atoms with van der Waals surface area (Å²) in [4.78, 5) is 21.5. The second-order valence-electron chi connectivity index (χ2n) is 2.71. The zero-order valence-corrected chi connectivity index (χ0v) is 7.88. The summed E-state index contributed by atoms with van der Waals surface area (Å²) in [5.74, 6) is -1.81. The van der Waals surface area contributed by atoms with Gasteiger partial charge >= 0.3 is 5.97 Å². The van der Waals surface area contributed by atoms with E-state index in [4.69, 9.17) is 0 Å². The highest BCUT2D eigenvalue weighted by molar-refractivity contribution is 5.84. The molecule has 5 nitrogen and oxygen atoms in total. The lowest BCUT2D eigenvalue weighted by atomic mass is 10.3. The van der Waals surface area contributed by atoms with Crippen LogP contribution in [0, 0.1) is 0 Å².